The van der Waals surface area contributed by atoms with Gasteiger partial charge >= 0.3 is 0 Å². The van der Waals surface area contributed by atoms with Crippen LogP contribution in [-0.4, -0.2) is 60.8 Å². The predicted octanol–water partition coefficient (Wildman–Crippen LogP) is 0.172. The fraction of sp³-hybridized carbons (Fsp3) is 0.800. The van der Waals surface area contributed by atoms with E-state index in [0.29, 0.717) is 0 Å². The van der Waals surface area contributed by atoms with Crippen molar-refractivity contribution < 1.29 is 5.11 Å². The first-order valence-electron chi connectivity index (χ1n) is 5.03. The van der Waals surface area contributed by atoms with E-state index in [2.05, 4.69) is 16.4 Å². The van der Waals surface area contributed by atoms with Crippen LogP contribution in [0.3, 0.4) is 0 Å². The van der Waals surface area contributed by atoms with Crippen LogP contribution < -0.4 is 0 Å². The number of β-amino-alcohol motifs (C(OH)–C–C–N with tert-alkyl or cyclic N) is 1. The van der Waals surface area contributed by atoms with E-state index in [1.807, 2.05) is 6.08 Å². The maximum Gasteiger partial charge on any atom is 0.0558 e. The Morgan fingerprint density at radius 2 is 1.62 bits per heavy atom. The van der Waals surface area contributed by atoms with Crippen LogP contribution in [0.1, 0.15) is 6.42 Å². The van der Waals surface area contributed by atoms with E-state index in [9.17, 15) is 0 Å². The second kappa shape index (κ2) is 6.13. The molecule has 1 N–H and O–H groups in total. The summed E-state index contributed by atoms with van der Waals surface area (Å²) < 4.78 is 0. The van der Waals surface area contributed by atoms with E-state index in [4.69, 9.17) is 5.11 Å². The smallest absolute Gasteiger partial charge is 0.0558 e. The van der Waals surface area contributed by atoms with Crippen LogP contribution >= 0.6 is 0 Å². The zero-order chi connectivity index (χ0) is 9.52. The standard InChI is InChI=1S/C10H20N2O/c1-2-3-4-11-5-7-12(8-6-11)9-10-13/h2,13H,1,3-10H2. The Morgan fingerprint density at radius 1 is 1.08 bits per heavy atom. The Morgan fingerprint density at radius 3 is 2.08 bits per heavy atom. The first-order chi connectivity index (χ1) is 6.36. The third-order valence-corrected chi connectivity index (χ3v) is 2.53. The molecule has 3 nitrogen and oxygen atoms in total. The van der Waals surface area contributed by atoms with Crippen LogP contribution in [-0.2, 0) is 0 Å². The van der Waals surface area contributed by atoms with Crippen LogP contribution in [0.25, 0.3) is 0 Å². The molecule has 0 amide bonds. The quantitative estimate of drug-likeness (QED) is 0.617. The van der Waals surface area contributed by atoms with Gasteiger partial charge in [-0.1, -0.05) is 6.08 Å². The van der Waals surface area contributed by atoms with E-state index in [-0.39, 0.29) is 6.61 Å². The summed E-state index contributed by atoms with van der Waals surface area (Å²) in [6, 6.07) is 0. The molecule has 0 aromatic carbocycles. The summed E-state index contributed by atoms with van der Waals surface area (Å²) in [5, 5.41) is 8.76. The highest BCUT2D eigenvalue weighted by molar-refractivity contribution is 4.75. The van der Waals surface area contributed by atoms with Gasteiger partial charge in [-0.3, -0.25) is 4.90 Å². The molecule has 0 unspecified atom stereocenters. The third-order valence-electron chi connectivity index (χ3n) is 2.53. The minimum absolute atomic E-state index is 0.284. The highest BCUT2D eigenvalue weighted by Gasteiger charge is 2.14. The predicted molar refractivity (Wildman–Crippen MR) is 54.8 cm³/mol. The Labute approximate surface area is 80.6 Å². The largest absolute Gasteiger partial charge is 0.395 e. The van der Waals surface area contributed by atoms with Gasteiger partial charge in [-0.25, -0.2) is 0 Å². The number of aliphatic hydroxyl groups is 1. The maximum absolute atomic E-state index is 8.76. The second-order valence-electron chi connectivity index (χ2n) is 3.48. The van der Waals surface area contributed by atoms with E-state index < -0.39 is 0 Å². The van der Waals surface area contributed by atoms with Gasteiger partial charge in [0.2, 0.25) is 0 Å². The van der Waals surface area contributed by atoms with Crippen LogP contribution in [0, 0.1) is 0 Å². The summed E-state index contributed by atoms with van der Waals surface area (Å²) in [5.74, 6) is 0. The first kappa shape index (κ1) is 10.7. The van der Waals surface area contributed by atoms with Crippen LogP contribution in [0.5, 0.6) is 0 Å². The molecule has 0 aromatic heterocycles. The van der Waals surface area contributed by atoms with E-state index in [1.165, 1.54) is 0 Å². The SMILES string of the molecule is C=CCCN1CCN(CCO)CC1. The van der Waals surface area contributed by atoms with Gasteiger partial charge in [0.15, 0.2) is 0 Å². The van der Waals surface area contributed by atoms with Crippen molar-refractivity contribution in [3.8, 4) is 0 Å². The fourth-order valence-electron chi connectivity index (χ4n) is 1.65. The molecule has 1 fully saturated rings. The van der Waals surface area contributed by atoms with Crippen molar-refractivity contribution in [2.45, 2.75) is 6.42 Å². The average molecular weight is 184 g/mol. The molecular formula is C10H20N2O. The normalized spacial score (nSPS) is 20.4. The van der Waals surface area contributed by atoms with Crippen LogP contribution in [0.2, 0.25) is 0 Å². The summed E-state index contributed by atoms with van der Waals surface area (Å²) in [4.78, 5) is 4.76. The molecule has 0 saturated carbocycles. The molecular weight excluding hydrogens is 164 g/mol. The van der Waals surface area contributed by atoms with Crippen LogP contribution in [0.15, 0.2) is 12.7 Å². The van der Waals surface area contributed by atoms with Crippen molar-refractivity contribution in [2.24, 2.45) is 0 Å². The molecule has 0 atom stereocenters. The fourth-order valence-corrected chi connectivity index (χ4v) is 1.65. The molecule has 1 heterocycles. The Bertz CT molecular complexity index is 142. The number of hydrogen-bond acceptors (Lipinski definition) is 3. The number of rotatable bonds is 5. The molecule has 3 heteroatoms. The van der Waals surface area contributed by atoms with Gasteiger partial charge in [0.1, 0.15) is 0 Å². The number of hydrogen-bond donors (Lipinski definition) is 1. The monoisotopic (exact) mass is 184 g/mol. The molecule has 1 saturated heterocycles. The molecule has 13 heavy (non-hydrogen) atoms. The van der Waals surface area contributed by atoms with Gasteiger partial charge in [-0.05, 0) is 6.42 Å². The minimum atomic E-state index is 0.284. The lowest BCUT2D eigenvalue weighted by Gasteiger charge is -2.34. The van der Waals surface area contributed by atoms with Gasteiger partial charge in [0, 0.05) is 39.3 Å². The first-order valence-corrected chi connectivity index (χ1v) is 5.03. The third kappa shape index (κ3) is 3.89. The van der Waals surface area contributed by atoms with Gasteiger partial charge < -0.3 is 10.0 Å². The van der Waals surface area contributed by atoms with Crippen molar-refractivity contribution in [3.63, 3.8) is 0 Å². The molecule has 0 radical (unpaired) electrons. The number of aliphatic hydroxyl groups excluding tert-OH is 1. The number of nitrogens with zero attached hydrogens (tertiary/aromatic N) is 2. The molecule has 1 aliphatic rings. The van der Waals surface area contributed by atoms with Crippen molar-refractivity contribution in [3.05, 3.63) is 12.7 Å². The summed E-state index contributed by atoms with van der Waals surface area (Å²) in [5.41, 5.74) is 0. The average Bonchev–Trinajstić information content (AvgIpc) is 2.17. The van der Waals surface area contributed by atoms with E-state index in [0.717, 1.165) is 45.7 Å². The molecule has 1 aliphatic heterocycles. The van der Waals surface area contributed by atoms with Crippen molar-refractivity contribution in [2.75, 3.05) is 45.9 Å². The van der Waals surface area contributed by atoms with Crippen molar-refractivity contribution >= 4 is 0 Å². The molecule has 0 spiro atoms. The molecule has 76 valence electrons. The van der Waals surface area contributed by atoms with Gasteiger partial charge in [0.25, 0.3) is 0 Å². The molecule has 0 bridgehead atoms. The zero-order valence-electron chi connectivity index (χ0n) is 8.28. The Hall–Kier alpha value is -0.380. The molecule has 0 aliphatic carbocycles. The summed E-state index contributed by atoms with van der Waals surface area (Å²) in [6.45, 7) is 10.4. The lowest BCUT2D eigenvalue weighted by Crippen LogP contribution is -2.47. The lowest BCUT2D eigenvalue weighted by atomic mass is 10.3. The highest BCUT2D eigenvalue weighted by atomic mass is 16.3. The molecule has 0 aromatic rings. The van der Waals surface area contributed by atoms with E-state index >= 15 is 0 Å². The second-order valence-corrected chi connectivity index (χ2v) is 3.48. The van der Waals surface area contributed by atoms with Crippen molar-refractivity contribution in [1.82, 2.24) is 9.80 Å². The number of piperazine rings is 1. The van der Waals surface area contributed by atoms with Gasteiger partial charge in [-0.15, -0.1) is 6.58 Å². The van der Waals surface area contributed by atoms with Crippen molar-refractivity contribution in [1.29, 1.82) is 0 Å². The highest BCUT2D eigenvalue weighted by Crippen LogP contribution is 2.01. The molecule has 1 rings (SSSR count). The summed E-state index contributed by atoms with van der Waals surface area (Å²) >= 11 is 0. The van der Waals surface area contributed by atoms with Crippen LogP contribution in [0.4, 0.5) is 0 Å². The lowest BCUT2D eigenvalue weighted by molar-refractivity contribution is 0.114. The minimum Gasteiger partial charge on any atom is -0.395 e. The Balaban J connectivity index is 2.11. The maximum atomic E-state index is 8.76. The summed E-state index contributed by atoms with van der Waals surface area (Å²) in [6.07, 6.45) is 3.06. The zero-order valence-corrected chi connectivity index (χ0v) is 8.28. The topological polar surface area (TPSA) is 26.7 Å². The summed E-state index contributed by atoms with van der Waals surface area (Å²) in [7, 11) is 0. The van der Waals surface area contributed by atoms with Gasteiger partial charge in [-0.2, -0.15) is 0 Å². The Kier molecular flexibility index (Phi) is 5.05. The van der Waals surface area contributed by atoms with E-state index in [1.54, 1.807) is 0 Å². The van der Waals surface area contributed by atoms with Gasteiger partial charge in [0.05, 0.1) is 6.61 Å².